The average molecular weight is 280 g/mol. The maximum absolute atomic E-state index is 8.73. The number of aliphatic hydroxyl groups excluding tert-OH is 1. The maximum atomic E-state index is 8.73. The third kappa shape index (κ3) is 5.49. The lowest BCUT2D eigenvalue weighted by Gasteiger charge is -2.22. The first kappa shape index (κ1) is 15.3. The summed E-state index contributed by atoms with van der Waals surface area (Å²) in [6.07, 6.45) is 4.84. The molecule has 0 spiro atoms. The first-order chi connectivity index (χ1) is 9.88. The molecule has 0 bridgehead atoms. The van der Waals surface area contributed by atoms with Crippen LogP contribution in [-0.2, 0) is 15.9 Å². The Bertz CT molecular complexity index is 374. The Labute approximate surface area is 120 Å². The van der Waals surface area contributed by atoms with Crippen LogP contribution in [0, 0.1) is 0 Å². The molecule has 1 aliphatic rings. The fourth-order valence-corrected chi connectivity index (χ4v) is 2.20. The molecule has 1 fully saturated rings. The highest BCUT2D eigenvalue weighted by Crippen LogP contribution is 2.16. The number of benzene rings is 1. The molecule has 1 unspecified atom stereocenters. The topological polar surface area (TPSA) is 47.9 Å². The lowest BCUT2D eigenvalue weighted by Crippen LogP contribution is -2.23. The Morgan fingerprint density at radius 3 is 3.00 bits per heavy atom. The van der Waals surface area contributed by atoms with Gasteiger partial charge in [-0.3, -0.25) is 0 Å². The van der Waals surface area contributed by atoms with Crippen molar-refractivity contribution < 1.29 is 19.3 Å². The van der Waals surface area contributed by atoms with Crippen LogP contribution in [0.1, 0.15) is 31.2 Å². The van der Waals surface area contributed by atoms with Crippen LogP contribution in [0.2, 0.25) is 0 Å². The summed E-state index contributed by atoms with van der Waals surface area (Å²) >= 11 is 0. The molecular weight excluding hydrogens is 256 g/mol. The van der Waals surface area contributed by atoms with Gasteiger partial charge in [-0.15, -0.1) is 0 Å². The van der Waals surface area contributed by atoms with Crippen molar-refractivity contribution >= 4 is 0 Å². The van der Waals surface area contributed by atoms with Crippen molar-refractivity contribution in [1.29, 1.82) is 0 Å². The fraction of sp³-hybridized carbons (Fsp3) is 0.625. The molecule has 1 atom stereocenters. The molecule has 4 heteroatoms. The van der Waals surface area contributed by atoms with Gasteiger partial charge in [0, 0.05) is 19.6 Å². The smallest absolute Gasteiger partial charge is 0.157 e. The minimum atomic E-state index is -0.0206. The number of ether oxygens (including phenoxy) is 3. The van der Waals surface area contributed by atoms with E-state index in [1.54, 1.807) is 0 Å². The van der Waals surface area contributed by atoms with Gasteiger partial charge in [-0.2, -0.15) is 0 Å². The second-order valence-corrected chi connectivity index (χ2v) is 4.99. The van der Waals surface area contributed by atoms with E-state index in [0.29, 0.717) is 19.6 Å². The van der Waals surface area contributed by atoms with E-state index >= 15 is 0 Å². The molecular formula is C16H24O4. The van der Waals surface area contributed by atoms with Gasteiger partial charge >= 0.3 is 0 Å². The molecule has 2 rings (SSSR count). The van der Waals surface area contributed by atoms with Crippen molar-refractivity contribution in [3.63, 3.8) is 0 Å². The van der Waals surface area contributed by atoms with Gasteiger partial charge < -0.3 is 19.3 Å². The van der Waals surface area contributed by atoms with Crippen molar-refractivity contribution in [3.05, 3.63) is 29.8 Å². The molecule has 0 amide bonds. The molecule has 1 aromatic rings. The summed E-state index contributed by atoms with van der Waals surface area (Å²) in [5.74, 6) is 0.852. The zero-order valence-electron chi connectivity index (χ0n) is 11.9. The van der Waals surface area contributed by atoms with Gasteiger partial charge in [0.1, 0.15) is 5.75 Å². The van der Waals surface area contributed by atoms with Crippen molar-refractivity contribution in [1.82, 2.24) is 0 Å². The maximum Gasteiger partial charge on any atom is 0.157 e. The van der Waals surface area contributed by atoms with Crippen LogP contribution in [0.25, 0.3) is 0 Å². The highest BCUT2D eigenvalue weighted by Gasteiger charge is 2.13. The molecule has 1 aliphatic heterocycles. The Balaban J connectivity index is 1.70. The molecule has 1 heterocycles. The zero-order valence-corrected chi connectivity index (χ0v) is 11.9. The summed E-state index contributed by atoms with van der Waals surface area (Å²) in [7, 11) is 0. The van der Waals surface area contributed by atoms with Crippen LogP contribution < -0.4 is 4.74 Å². The van der Waals surface area contributed by atoms with E-state index in [1.165, 1.54) is 12.0 Å². The van der Waals surface area contributed by atoms with E-state index < -0.39 is 0 Å². The van der Waals surface area contributed by atoms with Crippen LogP contribution >= 0.6 is 0 Å². The number of aliphatic hydroxyl groups is 1. The SMILES string of the molecule is OCCCOc1cccc(CCOC2CCCCO2)c1. The Morgan fingerprint density at radius 2 is 2.20 bits per heavy atom. The normalized spacial score (nSPS) is 18.9. The van der Waals surface area contributed by atoms with Crippen molar-refractivity contribution in [2.75, 3.05) is 26.4 Å². The monoisotopic (exact) mass is 280 g/mol. The number of hydrogen-bond acceptors (Lipinski definition) is 4. The zero-order chi connectivity index (χ0) is 14.0. The van der Waals surface area contributed by atoms with E-state index in [4.69, 9.17) is 19.3 Å². The highest BCUT2D eigenvalue weighted by atomic mass is 16.7. The summed E-state index contributed by atoms with van der Waals surface area (Å²) in [4.78, 5) is 0. The second kappa shape index (κ2) is 8.95. The Kier molecular flexibility index (Phi) is 6.84. The predicted octanol–water partition coefficient (Wildman–Crippen LogP) is 2.53. The second-order valence-electron chi connectivity index (χ2n) is 4.99. The Morgan fingerprint density at radius 1 is 1.25 bits per heavy atom. The van der Waals surface area contributed by atoms with Crippen LogP contribution in [0.5, 0.6) is 5.75 Å². The molecule has 0 aromatic heterocycles. The van der Waals surface area contributed by atoms with Crippen molar-refractivity contribution in [2.24, 2.45) is 0 Å². The lowest BCUT2D eigenvalue weighted by molar-refractivity contribution is -0.161. The van der Waals surface area contributed by atoms with Gasteiger partial charge in [0.15, 0.2) is 6.29 Å². The van der Waals surface area contributed by atoms with E-state index in [0.717, 1.165) is 31.6 Å². The molecule has 0 aliphatic carbocycles. The van der Waals surface area contributed by atoms with Gasteiger partial charge in [-0.1, -0.05) is 12.1 Å². The Hall–Kier alpha value is -1.10. The summed E-state index contributed by atoms with van der Waals surface area (Å²) in [5.41, 5.74) is 1.20. The third-order valence-corrected chi connectivity index (χ3v) is 3.30. The predicted molar refractivity (Wildman–Crippen MR) is 76.9 cm³/mol. The van der Waals surface area contributed by atoms with E-state index in [-0.39, 0.29) is 12.9 Å². The largest absolute Gasteiger partial charge is 0.493 e. The standard InChI is InChI=1S/C16H24O4/c17-9-4-11-18-15-6-3-5-14(13-15)8-12-20-16-7-1-2-10-19-16/h3,5-6,13,16-17H,1-2,4,7-12H2. The van der Waals surface area contributed by atoms with Gasteiger partial charge in [0.25, 0.3) is 0 Å². The van der Waals surface area contributed by atoms with Crippen LogP contribution in [-0.4, -0.2) is 37.8 Å². The highest BCUT2D eigenvalue weighted by molar-refractivity contribution is 5.28. The quantitative estimate of drug-likeness (QED) is 0.743. The van der Waals surface area contributed by atoms with E-state index in [1.807, 2.05) is 18.2 Å². The summed E-state index contributed by atoms with van der Waals surface area (Å²) < 4.78 is 16.8. The molecule has 20 heavy (non-hydrogen) atoms. The van der Waals surface area contributed by atoms with E-state index in [2.05, 4.69) is 6.07 Å². The first-order valence-electron chi connectivity index (χ1n) is 7.44. The van der Waals surface area contributed by atoms with Crippen LogP contribution in [0.3, 0.4) is 0 Å². The van der Waals surface area contributed by atoms with Gasteiger partial charge in [-0.05, 0) is 43.4 Å². The van der Waals surface area contributed by atoms with Gasteiger partial charge in [-0.25, -0.2) is 0 Å². The molecule has 112 valence electrons. The summed E-state index contributed by atoms with van der Waals surface area (Å²) in [5, 5.41) is 8.73. The summed E-state index contributed by atoms with van der Waals surface area (Å²) in [6.45, 7) is 2.20. The number of rotatable bonds is 8. The van der Waals surface area contributed by atoms with Gasteiger partial charge in [0.2, 0.25) is 0 Å². The summed E-state index contributed by atoms with van der Waals surface area (Å²) in [6, 6.07) is 8.03. The van der Waals surface area contributed by atoms with E-state index in [9.17, 15) is 0 Å². The van der Waals surface area contributed by atoms with Crippen LogP contribution in [0.4, 0.5) is 0 Å². The molecule has 1 aromatic carbocycles. The lowest BCUT2D eigenvalue weighted by atomic mass is 10.1. The molecule has 0 saturated carbocycles. The van der Waals surface area contributed by atoms with Gasteiger partial charge in [0.05, 0.1) is 13.2 Å². The van der Waals surface area contributed by atoms with Crippen LogP contribution in [0.15, 0.2) is 24.3 Å². The third-order valence-electron chi connectivity index (χ3n) is 3.30. The van der Waals surface area contributed by atoms with Crippen molar-refractivity contribution in [2.45, 2.75) is 38.4 Å². The number of hydrogen-bond donors (Lipinski definition) is 1. The molecule has 0 radical (unpaired) electrons. The minimum Gasteiger partial charge on any atom is -0.493 e. The molecule has 4 nitrogen and oxygen atoms in total. The average Bonchev–Trinajstić information content (AvgIpc) is 2.49. The fourth-order valence-electron chi connectivity index (χ4n) is 2.20. The molecule has 1 saturated heterocycles. The first-order valence-corrected chi connectivity index (χ1v) is 7.44. The molecule has 1 N–H and O–H groups in total. The minimum absolute atomic E-state index is 0.0206. The van der Waals surface area contributed by atoms with Crippen molar-refractivity contribution in [3.8, 4) is 5.75 Å².